The molecule has 7 rings (SSSR count). The van der Waals surface area contributed by atoms with Gasteiger partial charge in [0.1, 0.15) is 32.7 Å². The third kappa shape index (κ3) is 10.2. The number of rotatable bonds is 12. The van der Waals surface area contributed by atoms with E-state index in [-0.39, 0.29) is 67.5 Å². The molecule has 0 radical (unpaired) electrons. The highest BCUT2D eigenvalue weighted by Gasteiger charge is 2.25. The Hall–Kier alpha value is -7.02. The van der Waals surface area contributed by atoms with Crippen molar-refractivity contribution in [3.05, 3.63) is 106 Å². The SMILES string of the molecule is Cc1ccc(Nc2nc(Cl)nc(Nc3ccc(S(=O)(=O)O)c(N=Nc4c(C)cc5cc(S(=O)(=O)O)c(N=Nc6cc(Nc7nc(C)nc(Cl)n7)ccc6C)c(N)c5c4O)c3)n2)cc1. The Bertz CT molecular complexity index is 3250. The third-order valence-electron chi connectivity index (χ3n) is 8.93. The maximum absolute atomic E-state index is 12.7. The van der Waals surface area contributed by atoms with Crippen LogP contribution >= 0.6 is 23.2 Å². The van der Waals surface area contributed by atoms with Gasteiger partial charge in [0.05, 0.1) is 16.8 Å². The van der Waals surface area contributed by atoms with Gasteiger partial charge in [0.2, 0.25) is 28.4 Å². The number of nitrogens with two attached hydrogens (primary N) is 1. The lowest BCUT2D eigenvalue weighted by atomic mass is 10.0. The zero-order valence-electron chi connectivity index (χ0n) is 33.0. The van der Waals surface area contributed by atoms with Crippen molar-refractivity contribution in [2.45, 2.75) is 37.5 Å². The highest BCUT2D eigenvalue weighted by Crippen LogP contribution is 2.47. The molecule has 0 saturated heterocycles. The average molecular weight is 932 g/mol. The van der Waals surface area contributed by atoms with E-state index in [1.165, 1.54) is 25.1 Å². The molecule has 0 amide bonds. The number of benzene rings is 5. The Morgan fingerprint density at radius 1 is 0.571 bits per heavy atom. The molecule has 25 heteroatoms. The molecule has 21 nitrogen and oxygen atoms in total. The number of azo groups is 2. The van der Waals surface area contributed by atoms with Gasteiger partial charge >= 0.3 is 0 Å². The van der Waals surface area contributed by atoms with Crippen LogP contribution in [0.3, 0.4) is 0 Å². The van der Waals surface area contributed by atoms with Crippen LogP contribution in [0, 0.1) is 27.7 Å². The van der Waals surface area contributed by atoms with Crippen molar-refractivity contribution in [1.82, 2.24) is 29.9 Å². The highest BCUT2D eigenvalue weighted by atomic mass is 35.5. The lowest BCUT2D eigenvalue weighted by Gasteiger charge is -2.14. The molecule has 0 fully saturated rings. The minimum absolute atomic E-state index is 0.0285. The normalized spacial score (nSPS) is 12.1. The van der Waals surface area contributed by atoms with E-state index >= 15 is 0 Å². The van der Waals surface area contributed by atoms with Gasteiger partial charge in [0.15, 0.2) is 5.75 Å². The summed E-state index contributed by atoms with van der Waals surface area (Å²) in [4.78, 5) is 23.2. The van der Waals surface area contributed by atoms with Crippen LogP contribution in [0.15, 0.2) is 103 Å². The van der Waals surface area contributed by atoms with Gasteiger partial charge in [-0.3, -0.25) is 9.11 Å². The summed E-state index contributed by atoms with van der Waals surface area (Å²) in [5, 5.41) is 36.7. The van der Waals surface area contributed by atoms with Crippen LogP contribution in [0.4, 0.5) is 63.3 Å². The van der Waals surface area contributed by atoms with E-state index in [1.54, 1.807) is 32.0 Å². The Labute approximate surface area is 368 Å². The summed E-state index contributed by atoms with van der Waals surface area (Å²) >= 11 is 12.1. The fourth-order valence-electron chi connectivity index (χ4n) is 5.98. The summed E-state index contributed by atoms with van der Waals surface area (Å²) in [7, 11) is -9.86. The molecule has 0 bridgehead atoms. The molecule has 0 spiro atoms. The number of nitrogens with zero attached hydrogens (tertiary/aromatic N) is 10. The van der Waals surface area contributed by atoms with Gasteiger partial charge in [-0.25, -0.2) is 4.98 Å². The van der Waals surface area contributed by atoms with Crippen LogP contribution in [-0.4, -0.2) is 61.0 Å². The largest absolute Gasteiger partial charge is 0.505 e. The van der Waals surface area contributed by atoms with E-state index in [0.717, 1.165) is 17.7 Å². The van der Waals surface area contributed by atoms with Gasteiger partial charge in [-0.15, -0.1) is 15.3 Å². The quantitative estimate of drug-likeness (QED) is 0.0340. The molecular formula is C38H32Cl2N14O7S2. The van der Waals surface area contributed by atoms with Gasteiger partial charge in [-0.2, -0.15) is 46.9 Å². The fraction of sp³-hybridized carbons (Fsp3) is 0.105. The summed E-state index contributed by atoms with van der Waals surface area (Å²) in [6.07, 6.45) is 0. The molecule has 2 aromatic heterocycles. The molecule has 8 N–H and O–H groups in total. The molecule has 0 unspecified atom stereocenters. The lowest BCUT2D eigenvalue weighted by molar-refractivity contribution is 0.480. The van der Waals surface area contributed by atoms with Crippen LogP contribution in [0.25, 0.3) is 10.8 Å². The van der Waals surface area contributed by atoms with Gasteiger partial charge < -0.3 is 26.8 Å². The van der Waals surface area contributed by atoms with E-state index in [0.29, 0.717) is 22.8 Å². The van der Waals surface area contributed by atoms with Gasteiger partial charge in [0.25, 0.3) is 20.2 Å². The zero-order chi connectivity index (χ0) is 45.4. The number of hydrogen-bond acceptors (Lipinski definition) is 19. The molecule has 0 atom stereocenters. The first kappa shape index (κ1) is 44.0. The maximum Gasteiger partial charge on any atom is 0.296 e. The maximum atomic E-state index is 12.7. The van der Waals surface area contributed by atoms with E-state index in [2.05, 4.69) is 66.3 Å². The average Bonchev–Trinajstić information content (AvgIpc) is 3.18. The first-order valence-corrected chi connectivity index (χ1v) is 21.6. The summed E-state index contributed by atoms with van der Waals surface area (Å²) in [6.45, 7) is 6.78. The van der Waals surface area contributed by atoms with E-state index < -0.39 is 47.2 Å². The molecule has 0 aliphatic rings. The number of aromatic nitrogens is 6. The summed E-state index contributed by atoms with van der Waals surface area (Å²) in [6, 6.07) is 18.4. The van der Waals surface area contributed by atoms with Crippen LogP contribution < -0.4 is 21.7 Å². The molecule has 322 valence electrons. The molecule has 0 aliphatic heterocycles. The predicted octanol–water partition coefficient (Wildman–Crippen LogP) is 9.59. The second-order valence-corrected chi connectivity index (χ2v) is 17.1. The second kappa shape index (κ2) is 17.4. The monoisotopic (exact) mass is 930 g/mol. The standard InChI is InChI=1S/C38H32Cl2N14O7S2/c1-17-5-8-22(9-6-17)44-37-48-35(40)49-38(50-37)46-24-11-12-27(62(56,57)58)26(16-24)52-53-31-19(3)13-21-14-28(63(59,60)61)32(30(41)29(21)33(31)55)54-51-25-15-23(10-7-18(25)2)45-36-43-20(4)42-34(39)47-36/h5-16,55H,41H2,1-4H3,(H,56,57,58)(H,59,60,61)(H,42,43,45,47)(H2,44,46,48,49,50). The van der Waals surface area contributed by atoms with Crippen molar-refractivity contribution in [2.24, 2.45) is 20.5 Å². The molecule has 5 aromatic carbocycles. The van der Waals surface area contributed by atoms with E-state index in [1.807, 2.05) is 31.2 Å². The van der Waals surface area contributed by atoms with Crippen molar-refractivity contribution in [3.8, 4) is 5.75 Å². The number of aromatic hydroxyl groups is 1. The molecule has 2 heterocycles. The van der Waals surface area contributed by atoms with Crippen molar-refractivity contribution in [3.63, 3.8) is 0 Å². The highest BCUT2D eigenvalue weighted by molar-refractivity contribution is 7.86. The number of halogens is 2. The van der Waals surface area contributed by atoms with E-state index in [4.69, 9.17) is 28.9 Å². The van der Waals surface area contributed by atoms with Crippen molar-refractivity contribution >= 4 is 118 Å². The Kier molecular flexibility index (Phi) is 12.2. The summed E-state index contributed by atoms with van der Waals surface area (Å²) in [5.41, 5.74) is 8.34. The van der Waals surface area contributed by atoms with Gasteiger partial charge in [-0.05, 0) is 122 Å². The molecule has 0 aliphatic carbocycles. The second-order valence-electron chi connectivity index (χ2n) is 13.6. The number of aryl methyl sites for hydroxylation is 4. The number of hydrogen-bond donors (Lipinski definition) is 7. The smallest absolute Gasteiger partial charge is 0.296 e. The topological polar surface area (TPSA) is 318 Å². The van der Waals surface area contributed by atoms with Crippen molar-refractivity contribution < 1.29 is 31.0 Å². The Morgan fingerprint density at radius 2 is 1.10 bits per heavy atom. The molecular weight excluding hydrogens is 900 g/mol. The van der Waals surface area contributed by atoms with Gasteiger partial charge in [0, 0.05) is 17.1 Å². The predicted molar refractivity (Wildman–Crippen MR) is 236 cm³/mol. The van der Waals surface area contributed by atoms with Crippen LogP contribution in [0.2, 0.25) is 10.6 Å². The number of phenolic OH excluding ortho intramolecular Hbond substituents is 1. The van der Waals surface area contributed by atoms with Gasteiger partial charge in [-0.1, -0.05) is 23.8 Å². The third-order valence-corrected chi connectivity index (χ3v) is 11.0. The number of fused-ring (bicyclic) bond motifs is 1. The number of anilines is 7. The minimum Gasteiger partial charge on any atom is -0.505 e. The minimum atomic E-state index is -4.98. The Morgan fingerprint density at radius 3 is 1.71 bits per heavy atom. The zero-order valence-corrected chi connectivity index (χ0v) is 36.2. The first-order valence-electron chi connectivity index (χ1n) is 18.0. The number of phenols is 1. The summed E-state index contributed by atoms with van der Waals surface area (Å²) < 4.78 is 70.5. The Balaban J connectivity index is 1.25. The van der Waals surface area contributed by atoms with Crippen molar-refractivity contribution in [2.75, 3.05) is 21.7 Å². The van der Waals surface area contributed by atoms with Crippen LogP contribution in [-0.2, 0) is 20.2 Å². The molecule has 7 aromatic rings. The molecule has 63 heavy (non-hydrogen) atoms. The number of nitrogens with one attached hydrogen (secondary N) is 3. The van der Waals surface area contributed by atoms with E-state index in [9.17, 15) is 31.0 Å². The fourth-order valence-corrected chi connectivity index (χ4v) is 7.62. The first-order chi connectivity index (χ1) is 29.7. The molecule has 0 saturated carbocycles. The lowest BCUT2D eigenvalue weighted by Crippen LogP contribution is -2.04. The van der Waals surface area contributed by atoms with Crippen LogP contribution in [0.1, 0.15) is 22.5 Å². The summed E-state index contributed by atoms with van der Waals surface area (Å²) in [5.74, 6) is -0.0423. The number of nitrogen functional groups attached to an aromatic ring is 1. The van der Waals surface area contributed by atoms with Crippen LogP contribution in [0.5, 0.6) is 5.75 Å². The van der Waals surface area contributed by atoms with Crippen molar-refractivity contribution in [1.29, 1.82) is 0 Å².